The molecule has 3 rings (SSSR count). The number of Topliss-reactive ketones (excluding diaryl/α,β-unsaturated/α-hetero) is 1. The van der Waals surface area contributed by atoms with Crippen molar-refractivity contribution in [3.8, 4) is 0 Å². The van der Waals surface area contributed by atoms with Crippen LogP contribution in [0.25, 0.3) is 6.08 Å². The SMILES string of the molecule is O=C1/C(=C\c2ccc(Cl)s2)CSc2ccc(F)cc21. The Kier molecular flexibility index (Phi) is 3.48. The molecular formula is C14H8ClFOS2. The first-order valence-electron chi connectivity index (χ1n) is 5.56. The standard InChI is InChI=1S/C14H8ClFOS2/c15-13-4-2-10(19-13)5-8-7-18-12-3-1-9(16)6-11(12)14(8)17/h1-6H,7H2/b8-5-. The summed E-state index contributed by atoms with van der Waals surface area (Å²) in [5, 5.41) is 0. The van der Waals surface area contributed by atoms with Crippen molar-refractivity contribution in [2.45, 2.75) is 4.90 Å². The first-order chi connectivity index (χ1) is 9.13. The van der Waals surface area contributed by atoms with E-state index in [9.17, 15) is 9.18 Å². The van der Waals surface area contributed by atoms with E-state index in [4.69, 9.17) is 11.6 Å². The zero-order valence-corrected chi connectivity index (χ0v) is 12.0. The number of thiophene rings is 1. The van der Waals surface area contributed by atoms with Crippen LogP contribution in [0.1, 0.15) is 15.2 Å². The van der Waals surface area contributed by atoms with Crippen molar-refractivity contribution in [2.75, 3.05) is 5.75 Å². The lowest BCUT2D eigenvalue weighted by Crippen LogP contribution is -2.12. The number of carbonyl (C=O) groups is 1. The Balaban J connectivity index is 1.99. The van der Waals surface area contributed by atoms with Gasteiger partial charge in [0.05, 0.1) is 4.34 Å². The first kappa shape index (κ1) is 12.9. The van der Waals surface area contributed by atoms with Crippen molar-refractivity contribution < 1.29 is 9.18 Å². The molecule has 0 saturated heterocycles. The van der Waals surface area contributed by atoms with Gasteiger partial charge >= 0.3 is 0 Å². The fraction of sp³-hybridized carbons (Fsp3) is 0.0714. The molecule has 5 heteroatoms. The van der Waals surface area contributed by atoms with Crippen LogP contribution in [0.15, 0.2) is 40.8 Å². The molecule has 0 radical (unpaired) electrons. The average Bonchev–Trinajstić information content (AvgIpc) is 2.79. The fourth-order valence-corrected chi connectivity index (χ4v) is 3.91. The second-order valence-electron chi connectivity index (χ2n) is 4.07. The zero-order valence-electron chi connectivity index (χ0n) is 9.65. The molecule has 0 spiro atoms. The van der Waals surface area contributed by atoms with Crippen LogP contribution in [0.5, 0.6) is 0 Å². The Hall–Kier alpha value is -1.10. The minimum absolute atomic E-state index is 0.0993. The molecule has 0 N–H and O–H groups in total. The highest BCUT2D eigenvalue weighted by Crippen LogP contribution is 2.34. The summed E-state index contributed by atoms with van der Waals surface area (Å²) >= 11 is 8.84. The van der Waals surface area contributed by atoms with Gasteiger partial charge in [-0.1, -0.05) is 11.6 Å². The second-order valence-corrected chi connectivity index (χ2v) is 6.83. The van der Waals surface area contributed by atoms with Gasteiger partial charge in [0, 0.05) is 26.7 Å². The summed E-state index contributed by atoms with van der Waals surface area (Å²) in [6, 6.07) is 8.02. The van der Waals surface area contributed by atoms with Crippen LogP contribution in [-0.2, 0) is 0 Å². The Labute approximate surface area is 123 Å². The van der Waals surface area contributed by atoms with Gasteiger partial charge in [0.1, 0.15) is 5.82 Å². The zero-order chi connectivity index (χ0) is 13.4. The highest BCUT2D eigenvalue weighted by Gasteiger charge is 2.23. The van der Waals surface area contributed by atoms with E-state index in [1.807, 2.05) is 12.1 Å². The summed E-state index contributed by atoms with van der Waals surface area (Å²) in [5.74, 6) is 0.123. The van der Waals surface area contributed by atoms with Crippen LogP contribution >= 0.6 is 34.7 Å². The van der Waals surface area contributed by atoms with Crippen LogP contribution in [0.3, 0.4) is 0 Å². The Morgan fingerprint density at radius 3 is 2.84 bits per heavy atom. The molecule has 0 fully saturated rings. The van der Waals surface area contributed by atoms with Gasteiger partial charge in [0.25, 0.3) is 0 Å². The smallest absolute Gasteiger partial charge is 0.191 e. The quantitative estimate of drug-likeness (QED) is 0.696. The number of carbonyl (C=O) groups excluding carboxylic acids is 1. The maximum Gasteiger partial charge on any atom is 0.191 e. The highest BCUT2D eigenvalue weighted by atomic mass is 35.5. The number of benzene rings is 1. The van der Waals surface area contributed by atoms with Crippen molar-refractivity contribution in [1.29, 1.82) is 0 Å². The third-order valence-electron chi connectivity index (χ3n) is 2.77. The number of rotatable bonds is 1. The Morgan fingerprint density at radius 2 is 2.11 bits per heavy atom. The predicted molar refractivity (Wildman–Crippen MR) is 78.8 cm³/mol. The minimum atomic E-state index is -0.381. The second kappa shape index (κ2) is 5.12. The maximum absolute atomic E-state index is 13.2. The molecule has 1 aliphatic rings. The average molecular weight is 311 g/mol. The third kappa shape index (κ3) is 2.61. The summed E-state index contributed by atoms with van der Waals surface area (Å²) in [7, 11) is 0. The lowest BCUT2D eigenvalue weighted by Gasteiger charge is -2.16. The molecule has 0 unspecified atom stereocenters. The molecular weight excluding hydrogens is 303 g/mol. The summed E-state index contributed by atoms with van der Waals surface area (Å²) in [5.41, 5.74) is 1.13. The van der Waals surface area contributed by atoms with Crippen LogP contribution in [-0.4, -0.2) is 11.5 Å². The van der Waals surface area contributed by atoms with E-state index < -0.39 is 0 Å². The number of halogens is 2. The van der Waals surface area contributed by atoms with E-state index in [-0.39, 0.29) is 11.6 Å². The van der Waals surface area contributed by atoms with Gasteiger partial charge in [-0.15, -0.1) is 23.1 Å². The maximum atomic E-state index is 13.2. The molecule has 0 saturated carbocycles. The van der Waals surface area contributed by atoms with Crippen molar-refractivity contribution >= 4 is 46.6 Å². The van der Waals surface area contributed by atoms with Gasteiger partial charge in [-0.3, -0.25) is 4.79 Å². The van der Waals surface area contributed by atoms with Crippen molar-refractivity contribution in [2.24, 2.45) is 0 Å². The normalized spacial score (nSPS) is 16.7. The van der Waals surface area contributed by atoms with Gasteiger partial charge in [0.2, 0.25) is 0 Å². The molecule has 19 heavy (non-hydrogen) atoms. The number of hydrogen-bond acceptors (Lipinski definition) is 3. The van der Waals surface area contributed by atoms with E-state index in [1.165, 1.54) is 23.5 Å². The molecule has 1 nitrogen and oxygen atoms in total. The number of thioether (sulfide) groups is 1. The van der Waals surface area contributed by atoms with Gasteiger partial charge < -0.3 is 0 Å². The van der Waals surface area contributed by atoms with E-state index in [0.717, 1.165) is 9.77 Å². The highest BCUT2D eigenvalue weighted by molar-refractivity contribution is 7.99. The summed E-state index contributed by atoms with van der Waals surface area (Å²) in [6.07, 6.45) is 1.83. The van der Waals surface area contributed by atoms with Gasteiger partial charge in [0.15, 0.2) is 5.78 Å². The fourth-order valence-electron chi connectivity index (χ4n) is 1.88. The van der Waals surface area contributed by atoms with E-state index in [2.05, 4.69) is 0 Å². The number of fused-ring (bicyclic) bond motifs is 1. The van der Waals surface area contributed by atoms with Crippen LogP contribution in [0, 0.1) is 5.82 Å². The topological polar surface area (TPSA) is 17.1 Å². The Morgan fingerprint density at radius 1 is 1.26 bits per heavy atom. The van der Waals surface area contributed by atoms with Gasteiger partial charge in [-0.25, -0.2) is 4.39 Å². The number of ketones is 1. The molecule has 2 aromatic rings. The lowest BCUT2D eigenvalue weighted by molar-refractivity contribution is 0.103. The molecule has 0 atom stereocenters. The molecule has 1 aromatic heterocycles. The van der Waals surface area contributed by atoms with Gasteiger partial charge in [-0.05, 0) is 36.4 Å². The molecule has 1 aromatic carbocycles. The summed E-state index contributed by atoms with van der Waals surface area (Å²) in [6.45, 7) is 0. The molecule has 1 aliphatic heterocycles. The molecule has 0 aliphatic carbocycles. The molecule has 2 heterocycles. The lowest BCUT2D eigenvalue weighted by atomic mass is 10.0. The number of hydrogen-bond donors (Lipinski definition) is 0. The third-order valence-corrected chi connectivity index (χ3v) is 5.07. The molecule has 0 bridgehead atoms. The monoisotopic (exact) mass is 310 g/mol. The van der Waals surface area contributed by atoms with E-state index >= 15 is 0 Å². The van der Waals surface area contributed by atoms with E-state index in [1.54, 1.807) is 23.9 Å². The van der Waals surface area contributed by atoms with Crippen molar-refractivity contribution in [3.05, 3.63) is 56.5 Å². The summed E-state index contributed by atoms with van der Waals surface area (Å²) in [4.78, 5) is 14.1. The van der Waals surface area contributed by atoms with Crippen LogP contribution in [0.2, 0.25) is 4.34 Å². The molecule has 96 valence electrons. The van der Waals surface area contributed by atoms with Crippen LogP contribution < -0.4 is 0 Å². The largest absolute Gasteiger partial charge is 0.289 e. The molecule has 0 amide bonds. The van der Waals surface area contributed by atoms with E-state index in [0.29, 0.717) is 21.2 Å². The van der Waals surface area contributed by atoms with Crippen molar-refractivity contribution in [3.63, 3.8) is 0 Å². The van der Waals surface area contributed by atoms with Crippen LogP contribution in [0.4, 0.5) is 4.39 Å². The summed E-state index contributed by atoms with van der Waals surface area (Å²) < 4.78 is 13.9. The minimum Gasteiger partial charge on any atom is -0.289 e. The predicted octanol–water partition coefficient (Wildman–Crippen LogP) is 4.91. The Bertz CT molecular complexity index is 691. The van der Waals surface area contributed by atoms with Crippen molar-refractivity contribution in [1.82, 2.24) is 0 Å². The van der Waals surface area contributed by atoms with Gasteiger partial charge in [-0.2, -0.15) is 0 Å². The first-order valence-corrected chi connectivity index (χ1v) is 7.74.